The number of benzene rings is 2. The molecule has 0 aliphatic rings. The molecule has 0 N–H and O–H groups in total. The van der Waals surface area contributed by atoms with Gasteiger partial charge in [0.1, 0.15) is 0 Å². The van der Waals surface area contributed by atoms with Crippen molar-refractivity contribution in [3.63, 3.8) is 0 Å². The third-order valence-corrected chi connectivity index (χ3v) is 5.13. The molecule has 1 aromatic heterocycles. The average Bonchev–Trinajstić information content (AvgIpc) is 2.72. The van der Waals surface area contributed by atoms with Gasteiger partial charge >= 0.3 is 0 Å². The first kappa shape index (κ1) is 20.3. The van der Waals surface area contributed by atoms with E-state index in [0.717, 1.165) is 54.8 Å². The first-order valence-corrected chi connectivity index (χ1v) is 10.3. The van der Waals surface area contributed by atoms with E-state index >= 15 is 0 Å². The highest BCUT2D eigenvalue weighted by Crippen LogP contribution is 2.14. The number of nitrogens with zero attached hydrogens (tertiary/aromatic N) is 1. The summed E-state index contributed by atoms with van der Waals surface area (Å²) in [7, 11) is 0. The number of Topliss-reactive ketones (excluding diaryl/α,β-unsaturated/α-hetero) is 1. The van der Waals surface area contributed by atoms with Gasteiger partial charge in [0.15, 0.2) is 5.78 Å². The van der Waals surface area contributed by atoms with Crippen LogP contribution in [0.1, 0.15) is 52.9 Å². The highest BCUT2D eigenvalue weighted by Gasteiger charge is 2.07. The number of pyridine rings is 1. The van der Waals surface area contributed by atoms with Gasteiger partial charge in [-0.25, -0.2) is 0 Å². The van der Waals surface area contributed by atoms with E-state index in [-0.39, 0.29) is 5.78 Å². The van der Waals surface area contributed by atoms with Gasteiger partial charge in [0.05, 0.1) is 0 Å². The molecule has 0 radical (unpaired) electrons. The summed E-state index contributed by atoms with van der Waals surface area (Å²) in [5.74, 6) is 0.186. The highest BCUT2D eigenvalue weighted by molar-refractivity contribution is 6.30. The first-order valence-electron chi connectivity index (χ1n) is 9.97. The molecule has 3 rings (SSSR count). The Hall–Kier alpha value is -2.45. The summed E-state index contributed by atoms with van der Waals surface area (Å²) < 4.78 is 0. The zero-order valence-electron chi connectivity index (χ0n) is 16.1. The maximum atomic E-state index is 12.3. The van der Waals surface area contributed by atoms with Crippen molar-refractivity contribution in [3.05, 3.63) is 100 Å². The molecule has 0 bridgehead atoms. The molecular formula is C25H26ClNO. The number of hydrogen-bond acceptors (Lipinski definition) is 2. The van der Waals surface area contributed by atoms with Crippen LogP contribution < -0.4 is 0 Å². The van der Waals surface area contributed by atoms with E-state index in [1.807, 2.05) is 36.4 Å². The van der Waals surface area contributed by atoms with Crippen LogP contribution >= 0.6 is 11.6 Å². The van der Waals surface area contributed by atoms with Crippen molar-refractivity contribution in [2.45, 2.75) is 44.9 Å². The molecule has 3 aromatic rings. The maximum absolute atomic E-state index is 12.3. The van der Waals surface area contributed by atoms with Crippen LogP contribution in [0, 0.1) is 0 Å². The third-order valence-electron chi connectivity index (χ3n) is 4.90. The van der Waals surface area contributed by atoms with Crippen LogP contribution in [0.25, 0.3) is 0 Å². The topological polar surface area (TPSA) is 30.0 Å². The van der Waals surface area contributed by atoms with E-state index in [1.54, 1.807) is 6.20 Å². The Bertz CT molecular complexity index is 875. The average molecular weight is 392 g/mol. The summed E-state index contributed by atoms with van der Waals surface area (Å²) in [5.41, 5.74) is 4.33. The molecule has 0 spiro atoms. The minimum absolute atomic E-state index is 0.186. The monoisotopic (exact) mass is 391 g/mol. The standard InChI is InChI=1S/C25H26ClNO/c26-23-13-6-11-21(18-23)12-7-14-24-17-16-22(19-27-24)25(28)15-5-4-10-20-8-2-1-3-9-20/h1-3,6,8-9,11,13,16-19H,4-5,7,10,12,14-15H2. The van der Waals surface area contributed by atoms with Crippen molar-refractivity contribution in [2.75, 3.05) is 0 Å². The molecular weight excluding hydrogens is 366 g/mol. The highest BCUT2D eigenvalue weighted by atomic mass is 35.5. The Morgan fingerprint density at radius 3 is 2.32 bits per heavy atom. The van der Waals surface area contributed by atoms with Crippen LogP contribution in [-0.2, 0) is 19.3 Å². The van der Waals surface area contributed by atoms with Crippen molar-refractivity contribution < 1.29 is 4.79 Å². The molecule has 0 amide bonds. The largest absolute Gasteiger partial charge is 0.294 e. The molecule has 2 nitrogen and oxygen atoms in total. The van der Waals surface area contributed by atoms with Gasteiger partial charge in [-0.05, 0) is 73.9 Å². The fraction of sp³-hybridized carbons (Fsp3) is 0.280. The number of halogens is 1. The summed E-state index contributed by atoms with van der Waals surface area (Å²) in [6.45, 7) is 0. The smallest absolute Gasteiger partial charge is 0.164 e. The van der Waals surface area contributed by atoms with Gasteiger partial charge in [-0.2, -0.15) is 0 Å². The second kappa shape index (κ2) is 10.8. The van der Waals surface area contributed by atoms with Gasteiger partial charge in [-0.15, -0.1) is 0 Å². The van der Waals surface area contributed by atoms with Crippen LogP contribution in [0.5, 0.6) is 0 Å². The number of rotatable bonds is 10. The number of aryl methyl sites for hydroxylation is 3. The van der Waals surface area contributed by atoms with E-state index in [4.69, 9.17) is 11.6 Å². The van der Waals surface area contributed by atoms with Gasteiger partial charge in [0.25, 0.3) is 0 Å². The molecule has 0 unspecified atom stereocenters. The lowest BCUT2D eigenvalue weighted by molar-refractivity contribution is 0.0979. The lowest BCUT2D eigenvalue weighted by Gasteiger charge is -2.05. The normalized spacial score (nSPS) is 10.8. The zero-order chi connectivity index (χ0) is 19.6. The summed E-state index contributed by atoms with van der Waals surface area (Å²) >= 11 is 6.02. The fourth-order valence-corrected chi connectivity index (χ4v) is 3.52. The number of carbonyl (C=O) groups is 1. The molecule has 0 fully saturated rings. The number of unbranched alkanes of at least 4 members (excludes halogenated alkanes) is 1. The van der Waals surface area contributed by atoms with Crippen LogP contribution in [0.3, 0.4) is 0 Å². The van der Waals surface area contributed by atoms with E-state index in [2.05, 4.69) is 35.3 Å². The van der Waals surface area contributed by atoms with Crippen molar-refractivity contribution in [1.82, 2.24) is 4.98 Å². The SMILES string of the molecule is O=C(CCCCc1ccccc1)c1ccc(CCCc2cccc(Cl)c2)nc1. The lowest BCUT2D eigenvalue weighted by atomic mass is 10.0. The predicted molar refractivity (Wildman–Crippen MR) is 116 cm³/mol. The predicted octanol–water partition coefficient (Wildman–Crippen LogP) is 6.51. The molecule has 0 saturated heterocycles. The first-order chi connectivity index (χ1) is 13.7. The second-order valence-electron chi connectivity index (χ2n) is 7.14. The molecule has 28 heavy (non-hydrogen) atoms. The molecule has 144 valence electrons. The quantitative estimate of drug-likeness (QED) is 0.291. The van der Waals surface area contributed by atoms with E-state index < -0.39 is 0 Å². The van der Waals surface area contributed by atoms with Crippen LogP contribution in [0.2, 0.25) is 5.02 Å². The van der Waals surface area contributed by atoms with Gasteiger partial charge in [0, 0.05) is 28.9 Å². The number of hydrogen-bond donors (Lipinski definition) is 0. The molecule has 0 atom stereocenters. The van der Waals surface area contributed by atoms with Crippen molar-refractivity contribution in [2.24, 2.45) is 0 Å². The van der Waals surface area contributed by atoms with Gasteiger partial charge < -0.3 is 0 Å². The van der Waals surface area contributed by atoms with Crippen LogP contribution in [-0.4, -0.2) is 10.8 Å². The third kappa shape index (κ3) is 6.61. The van der Waals surface area contributed by atoms with Crippen LogP contribution in [0.15, 0.2) is 72.9 Å². The van der Waals surface area contributed by atoms with Gasteiger partial charge in [-0.3, -0.25) is 9.78 Å². The minimum Gasteiger partial charge on any atom is -0.294 e. The minimum atomic E-state index is 0.186. The molecule has 3 heteroatoms. The Morgan fingerprint density at radius 1 is 0.786 bits per heavy atom. The van der Waals surface area contributed by atoms with E-state index in [0.29, 0.717) is 6.42 Å². The number of aromatic nitrogens is 1. The van der Waals surface area contributed by atoms with Gasteiger partial charge in [0.2, 0.25) is 0 Å². The summed E-state index contributed by atoms with van der Waals surface area (Å²) in [6.07, 6.45) is 8.18. The van der Waals surface area contributed by atoms with Crippen LogP contribution in [0.4, 0.5) is 0 Å². The maximum Gasteiger partial charge on any atom is 0.164 e. The number of ketones is 1. The van der Waals surface area contributed by atoms with E-state index in [9.17, 15) is 4.79 Å². The molecule has 0 aliphatic carbocycles. The molecule has 0 aliphatic heterocycles. The zero-order valence-corrected chi connectivity index (χ0v) is 16.9. The van der Waals surface area contributed by atoms with Crippen molar-refractivity contribution in [1.29, 1.82) is 0 Å². The Balaban J connectivity index is 1.38. The van der Waals surface area contributed by atoms with Gasteiger partial charge in [-0.1, -0.05) is 54.1 Å². The summed E-state index contributed by atoms with van der Waals surface area (Å²) in [5, 5.41) is 0.780. The number of carbonyl (C=O) groups excluding carboxylic acids is 1. The van der Waals surface area contributed by atoms with E-state index in [1.165, 1.54) is 11.1 Å². The molecule has 0 saturated carbocycles. The molecule has 1 heterocycles. The Labute approximate surface area is 172 Å². The Morgan fingerprint density at radius 2 is 1.57 bits per heavy atom. The molecule has 2 aromatic carbocycles. The fourth-order valence-electron chi connectivity index (χ4n) is 3.31. The lowest BCUT2D eigenvalue weighted by Crippen LogP contribution is -2.02. The Kier molecular flexibility index (Phi) is 7.81. The summed E-state index contributed by atoms with van der Waals surface area (Å²) in [4.78, 5) is 16.8. The van der Waals surface area contributed by atoms with Crippen molar-refractivity contribution in [3.8, 4) is 0 Å². The van der Waals surface area contributed by atoms with Crippen molar-refractivity contribution >= 4 is 17.4 Å². The second-order valence-corrected chi connectivity index (χ2v) is 7.57. The summed E-state index contributed by atoms with van der Waals surface area (Å²) in [6, 6.07) is 22.3.